The number of hydrogen-bond donors (Lipinski definition) is 4. The van der Waals surface area contributed by atoms with Crippen molar-refractivity contribution in [2.75, 3.05) is 25.0 Å². The van der Waals surface area contributed by atoms with E-state index in [-0.39, 0.29) is 30.8 Å². The first-order valence-corrected chi connectivity index (χ1v) is 12.0. The van der Waals surface area contributed by atoms with Crippen LogP contribution in [0, 0.1) is 17.5 Å². The van der Waals surface area contributed by atoms with E-state index < -0.39 is 29.4 Å². The van der Waals surface area contributed by atoms with Crippen molar-refractivity contribution >= 4 is 11.6 Å². The molecule has 2 aromatic carbocycles. The van der Waals surface area contributed by atoms with Crippen LogP contribution < -0.4 is 16.4 Å². The molecule has 0 saturated carbocycles. The van der Waals surface area contributed by atoms with Crippen molar-refractivity contribution in [2.45, 2.75) is 37.5 Å². The van der Waals surface area contributed by atoms with Crippen molar-refractivity contribution in [3.63, 3.8) is 0 Å². The Morgan fingerprint density at radius 2 is 1.86 bits per heavy atom. The second kappa shape index (κ2) is 12.2. The van der Waals surface area contributed by atoms with Gasteiger partial charge in [-0.15, -0.1) is 0 Å². The summed E-state index contributed by atoms with van der Waals surface area (Å²) >= 11 is 0. The molecule has 3 aromatic rings. The van der Waals surface area contributed by atoms with E-state index in [0.717, 1.165) is 6.20 Å². The van der Waals surface area contributed by atoms with Gasteiger partial charge in [-0.1, -0.05) is 18.2 Å². The number of hydrogen-bond acceptors (Lipinski definition) is 6. The van der Waals surface area contributed by atoms with Crippen LogP contribution in [0.2, 0.25) is 0 Å². The van der Waals surface area contributed by atoms with E-state index in [1.807, 2.05) is 0 Å². The molecule has 1 aliphatic heterocycles. The van der Waals surface area contributed by atoms with E-state index in [0.29, 0.717) is 48.3 Å². The van der Waals surface area contributed by atoms with Gasteiger partial charge in [0.25, 0.3) is 0 Å². The van der Waals surface area contributed by atoms with Gasteiger partial charge in [-0.3, -0.25) is 9.78 Å². The molecule has 0 radical (unpaired) electrons. The van der Waals surface area contributed by atoms with Gasteiger partial charge in [0.2, 0.25) is 5.91 Å². The molecule has 196 valence electrons. The lowest BCUT2D eigenvalue weighted by molar-refractivity contribution is -0.118. The molecule has 7 nitrogen and oxygen atoms in total. The Kier molecular flexibility index (Phi) is 8.75. The molecule has 0 unspecified atom stereocenters. The summed E-state index contributed by atoms with van der Waals surface area (Å²) in [5.74, 6) is -2.12. The van der Waals surface area contributed by atoms with Gasteiger partial charge in [-0.05, 0) is 48.2 Å². The Balaban J connectivity index is 1.50. The highest BCUT2D eigenvalue weighted by Crippen LogP contribution is 2.26. The van der Waals surface area contributed by atoms with E-state index in [1.54, 1.807) is 6.07 Å². The lowest BCUT2D eigenvalue weighted by atomic mass is 9.98. The summed E-state index contributed by atoms with van der Waals surface area (Å²) in [4.78, 5) is 16.2. The van der Waals surface area contributed by atoms with E-state index in [4.69, 9.17) is 10.5 Å². The standard InChI is InChI=1S/C27H29F3N4O3/c28-18-4-2-17(3-5-18)22-9-16(1-8-23(22)29)10-25(27(31)36)34-26-14-33-13-24(30)21(26)7-6-19-11-32-12-20(15-35)37-19/h1-5,8-9,13-14,19-20,25,32,34-35H,6-7,10-12,15H2,(H2,31,36)/t19-,20+,25+/m1/s1. The summed E-state index contributed by atoms with van der Waals surface area (Å²) in [6.07, 6.45) is 2.91. The minimum Gasteiger partial charge on any atom is -0.394 e. The molecule has 1 fully saturated rings. The number of primary amides is 1. The number of aromatic nitrogens is 1. The van der Waals surface area contributed by atoms with Crippen LogP contribution in [0.4, 0.5) is 18.9 Å². The Labute approximate surface area is 212 Å². The summed E-state index contributed by atoms with van der Waals surface area (Å²) in [5.41, 5.74) is 7.68. The first-order chi connectivity index (χ1) is 17.8. The zero-order valence-corrected chi connectivity index (χ0v) is 20.1. The molecule has 0 spiro atoms. The second-order valence-corrected chi connectivity index (χ2v) is 9.03. The Bertz CT molecular complexity index is 1230. The zero-order chi connectivity index (χ0) is 26.4. The molecule has 1 aromatic heterocycles. The molecular formula is C27H29F3N4O3. The number of nitrogens with two attached hydrogens (primary N) is 1. The average Bonchev–Trinajstić information content (AvgIpc) is 2.89. The van der Waals surface area contributed by atoms with Crippen molar-refractivity contribution in [1.29, 1.82) is 0 Å². The number of amides is 1. The van der Waals surface area contributed by atoms with Gasteiger partial charge in [0.1, 0.15) is 23.5 Å². The maximum absolute atomic E-state index is 14.8. The molecule has 1 amide bonds. The third-order valence-corrected chi connectivity index (χ3v) is 6.35. The third-order valence-electron chi connectivity index (χ3n) is 6.35. The van der Waals surface area contributed by atoms with Crippen LogP contribution in [0.3, 0.4) is 0 Å². The number of carbonyl (C=O) groups is 1. The summed E-state index contributed by atoms with van der Waals surface area (Å²) in [5, 5.41) is 15.5. The predicted molar refractivity (Wildman–Crippen MR) is 133 cm³/mol. The van der Waals surface area contributed by atoms with Crippen LogP contribution in [0.15, 0.2) is 54.9 Å². The number of anilines is 1. The highest BCUT2D eigenvalue weighted by Gasteiger charge is 2.24. The molecule has 1 saturated heterocycles. The molecule has 1 aliphatic rings. The largest absolute Gasteiger partial charge is 0.394 e. The van der Waals surface area contributed by atoms with Gasteiger partial charge < -0.3 is 26.2 Å². The van der Waals surface area contributed by atoms with Crippen molar-refractivity contribution in [2.24, 2.45) is 5.73 Å². The zero-order valence-electron chi connectivity index (χ0n) is 20.1. The highest BCUT2D eigenvalue weighted by atomic mass is 19.1. The monoisotopic (exact) mass is 514 g/mol. The maximum Gasteiger partial charge on any atom is 0.240 e. The Hall–Kier alpha value is -3.47. The Morgan fingerprint density at radius 3 is 2.59 bits per heavy atom. The second-order valence-electron chi connectivity index (χ2n) is 9.03. The number of nitrogens with zero attached hydrogens (tertiary/aromatic N) is 1. The van der Waals surface area contributed by atoms with Crippen LogP contribution in [0.1, 0.15) is 17.5 Å². The fourth-order valence-electron chi connectivity index (χ4n) is 4.39. The lowest BCUT2D eigenvalue weighted by Gasteiger charge is -2.30. The fourth-order valence-corrected chi connectivity index (χ4v) is 4.39. The quantitative estimate of drug-likeness (QED) is 0.331. The maximum atomic E-state index is 14.8. The number of carbonyl (C=O) groups excluding carboxylic acids is 1. The topological polar surface area (TPSA) is 110 Å². The molecule has 3 atom stereocenters. The number of morpholine rings is 1. The van der Waals surface area contributed by atoms with Gasteiger partial charge in [-0.25, -0.2) is 13.2 Å². The van der Waals surface area contributed by atoms with E-state index in [2.05, 4.69) is 15.6 Å². The first kappa shape index (κ1) is 26.6. The number of nitrogens with one attached hydrogen (secondary N) is 2. The average molecular weight is 515 g/mol. The summed E-state index contributed by atoms with van der Waals surface area (Å²) in [6.45, 7) is 1.03. The number of halogens is 3. The van der Waals surface area contributed by atoms with Crippen molar-refractivity contribution in [1.82, 2.24) is 10.3 Å². The molecule has 4 rings (SSSR count). The normalized spacial score (nSPS) is 18.4. The lowest BCUT2D eigenvalue weighted by Crippen LogP contribution is -2.46. The number of pyridine rings is 1. The van der Waals surface area contributed by atoms with Crippen LogP contribution >= 0.6 is 0 Å². The van der Waals surface area contributed by atoms with E-state index >= 15 is 0 Å². The summed E-state index contributed by atoms with van der Waals surface area (Å²) in [6, 6.07) is 8.89. The highest BCUT2D eigenvalue weighted by molar-refractivity contribution is 5.83. The van der Waals surface area contributed by atoms with Gasteiger partial charge in [0.05, 0.1) is 36.9 Å². The molecule has 2 heterocycles. The molecule has 0 aliphatic carbocycles. The smallest absolute Gasteiger partial charge is 0.240 e. The minimum absolute atomic E-state index is 0.105. The Morgan fingerprint density at radius 1 is 1.11 bits per heavy atom. The van der Waals surface area contributed by atoms with Crippen molar-refractivity contribution in [3.05, 3.63) is 83.4 Å². The fraction of sp³-hybridized carbons (Fsp3) is 0.333. The molecule has 0 bridgehead atoms. The van der Waals surface area contributed by atoms with Crippen LogP contribution in [0.5, 0.6) is 0 Å². The molecule has 5 N–H and O–H groups in total. The summed E-state index contributed by atoms with van der Waals surface area (Å²) < 4.78 is 48.4. The van der Waals surface area contributed by atoms with Gasteiger partial charge >= 0.3 is 0 Å². The van der Waals surface area contributed by atoms with E-state index in [9.17, 15) is 23.1 Å². The number of aliphatic hydroxyl groups excluding tert-OH is 1. The van der Waals surface area contributed by atoms with Gasteiger partial charge in [0.15, 0.2) is 0 Å². The molecular weight excluding hydrogens is 485 g/mol. The molecule has 37 heavy (non-hydrogen) atoms. The number of aliphatic hydroxyl groups is 1. The van der Waals surface area contributed by atoms with Crippen molar-refractivity contribution in [3.8, 4) is 11.1 Å². The van der Waals surface area contributed by atoms with Crippen LogP contribution in [-0.2, 0) is 22.4 Å². The van der Waals surface area contributed by atoms with Crippen molar-refractivity contribution < 1.29 is 27.8 Å². The summed E-state index contributed by atoms with van der Waals surface area (Å²) in [7, 11) is 0. The number of benzene rings is 2. The third kappa shape index (κ3) is 6.85. The van der Waals surface area contributed by atoms with Crippen LogP contribution in [0.25, 0.3) is 11.1 Å². The van der Waals surface area contributed by atoms with E-state index in [1.165, 1.54) is 42.6 Å². The predicted octanol–water partition coefficient (Wildman–Crippen LogP) is 2.96. The van der Waals surface area contributed by atoms with Gasteiger partial charge in [-0.2, -0.15) is 0 Å². The number of rotatable bonds is 10. The molecule has 10 heteroatoms. The number of ether oxygens (including phenoxy) is 1. The van der Waals surface area contributed by atoms with Crippen LogP contribution in [-0.4, -0.2) is 53.9 Å². The minimum atomic E-state index is -0.930. The SMILES string of the molecule is NC(=O)[C@H](Cc1ccc(F)c(-c2ccc(F)cc2)c1)Nc1cncc(F)c1CC[C@@H]1CNC[C@@H](CO)O1. The van der Waals surface area contributed by atoms with Gasteiger partial charge in [0, 0.05) is 30.6 Å². The first-order valence-electron chi connectivity index (χ1n) is 12.0.